The maximum Gasteiger partial charge on any atom is 0.240 e. The lowest BCUT2D eigenvalue weighted by atomic mass is 10.2. The highest BCUT2D eigenvalue weighted by molar-refractivity contribution is 8.00. The molecule has 4 aromatic rings. The van der Waals surface area contributed by atoms with Crippen molar-refractivity contribution in [3.05, 3.63) is 53.2 Å². The molecule has 0 aliphatic carbocycles. The van der Waals surface area contributed by atoms with Gasteiger partial charge in [0.25, 0.3) is 0 Å². The Kier molecular flexibility index (Phi) is 6.11. The van der Waals surface area contributed by atoms with Crippen LogP contribution in [0.1, 0.15) is 38.6 Å². The molecular weight excluding hydrogens is 412 g/mol. The summed E-state index contributed by atoms with van der Waals surface area (Å²) in [5, 5.41) is 11.7. The molecule has 0 aliphatic rings. The second-order valence-corrected chi connectivity index (χ2v) is 9.39. The number of thioether (sulfide) groups is 1. The number of anilines is 1. The number of hydrogen-bond acceptors (Lipinski definition) is 5. The molecule has 1 atom stereocenters. The van der Waals surface area contributed by atoms with Gasteiger partial charge in [0, 0.05) is 18.7 Å². The van der Waals surface area contributed by atoms with Crippen molar-refractivity contribution in [1.82, 2.24) is 14.6 Å². The fraction of sp³-hybridized carbons (Fsp3) is 0.348. The molecule has 0 aliphatic heterocycles. The van der Waals surface area contributed by atoms with Crippen LogP contribution in [0.2, 0.25) is 0 Å². The van der Waals surface area contributed by atoms with Crippen molar-refractivity contribution in [2.24, 2.45) is 0 Å². The van der Waals surface area contributed by atoms with Gasteiger partial charge in [-0.1, -0.05) is 37.7 Å². The molecule has 4 rings (SSSR count). The van der Waals surface area contributed by atoms with E-state index in [2.05, 4.69) is 52.0 Å². The summed E-state index contributed by atoms with van der Waals surface area (Å²) >= 11 is 3.24. The molecule has 0 fully saturated rings. The van der Waals surface area contributed by atoms with Crippen molar-refractivity contribution in [1.29, 1.82) is 0 Å². The van der Waals surface area contributed by atoms with Gasteiger partial charge < -0.3 is 4.90 Å². The van der Waals surface area contributed by atoms with E-state index in [9.17, 15) is 4.79 Å². The van der Waals surface area contributed by atoms with Gasteiger partial charge in [0.05, 0.1) is 21.0 Å². The fourth-order valence-corrected chi connectivity index (χ4v) is 5.58. The van der Waals surface area contributed by atoms with E-state index in [0.717, 1.165) is 46.0 Å². The number of fused-ring (bicyclic) bond motifs is 3. The Bertz CT molecular complexity index is 1200. The van der Waals surface area contributed by atoms with Crippen LogP contribution < -0.4 is 4.90 Å². The van der Waals surface area contributed by atoms with Gasteiger partial charge in [0.1, 0.15) is 10.9 Å². The molecule has 1 unspecified atom stereocenters. The minimum absolute atomic E-state index is 0.114. The molecule has 0 N–H and O–H groups in total. The van der Waals surface area contributed by atoms with E-state index in [4.69, 9.17) is 0 Å². The molecule has 0 spiro atoms. The van der Waals surface area contributed by atoms with Gasteiger partial charge in [0.2, 0.25) is 5.91 Å². The molecule has 0 saturated carbocycles. The van der Waals surface area contributed by atoms with Gasteiger partial charge in [0.15, 0.2) is 0 Å². The molecule has 0 saturated heterocycles. The summed E-state index contributed by atoms with van der Waals surface area (Å²) in [5.41, 5.74) is 4.30. The number of carbonyl (C=O) groups excluding carboxylic acids is 1. The number of aryl methyl sites for hydroxylation is 2. The van der Waals surface area contributed by atoms with E-state index in [1.54, 1.807) is 11.3 Å². The Morgan fingerprint density at radius 2 is 2.00 bits per heavy atom. The zero-order valence-corrected chi connectivity index (χ0v) is 19.4. The molecule has 1 amide bonds. The third-order valence-corrected chi connectivity index (χ3v) is 7.46. The Balaban J connectivity index is 1.69. The van der Waals surface area contributed by atoms with Gasteiger partial charge in [-0.2, -0.15) is 0 Å². The van der Waals surface area contributed by atoms with Gasteiger partial charge >= 0.3 is 0 Å². The van der Waals surface area contributed by atoms with Gasteiger partial charge in [-0.15, -0.1) is 21.5 Å². The van der Waals surface area contributed by atoms with Crippen molar-refractivity contribution in [3.8, 4) is 0 Å². The Morgan fingerprint density at radius 1 is 1.17 bits per heavy atom. The Hall–Kier alpha value is -2.38. The van der Waals surface area contributed by atoms with Crippen LogP contribution in [0.3, 0.4) is 0 Å². The Labute approximate surface area is 185 Å². The first-order valence-electron chi connectivity index (χ1n) is 10.4. The lowest BCUT2D eigenvalue weighted by molar-refractivity contribution is -0.118. The first-order chi connectivity index (χ1) is 14.6. The molecule has 30 heavy (non-hydrogen) atoms. The molecule has 1 aromatic carbocycles. The molecule has 0 bridgehead atoms. The summed E-state index contributed by atoms with van der Waals surface area (Å²) in [7, 11) is 0. The van der Waals surface area contributed by atoms with Crippen molar-refractivity contribution in [3.63, 3.8) is 0 Å². The minimum Gasteiger partial charge on any atom is -0.312 e. The lowest BCUT2D eigenvalue weighted by Gasteiger charge is -2.26. The SMILES string of the molecule is CCc1nnc(SC(CC)C(=O)N(CC)c2cccc(C)c2)c2cc3sccc3n12. The maximum atomic E-state index is 13.5. The summed E-state index contributed by atoms with van der Waals surface area (Å²) in [6.07, 6.45) is 1.53. The quantitative estimate of drug-likeness (QED) is 0.345. The molecule has 3 aromatic heterocycles. The van der Waals surface area contributed by atoms with E-state index in [0.29, 0.717) is 6.54 Å². The summed E-state index contributed by atoms with van der Waals surface area (Å²) < 4.78 is 3.41. The average Bonchev–Trinajstić information content (AvgIpc) is 3.34. The zero-order valence-electron chi connectivity index (χ0n) is 17.8. The van der Waals surface area contributed by atoms with E-state index in [-0.39, 0.29) is 11.2 Å². The molecule has 0 radical (unpaired) electrons. The highest BCUT2D eigenvalue weighted by Crippen LogP contribution is 2.34. The van der Waals surface area contributed by atoms with E-state index in [1.165, 1.54) is 16.5 Å². The lowest BCUT2D eigenvalue weighted by Crippen LogP contribution is -2.37. The largest absolute Gasteiger partial charge is 0.312 e. The maximum absolute atomic E-state index is 13.5. The van der Waals surface area contributed by atoms with Gasteiger partial charge in [-0.05, 0) is 55.5 Å². The van der Waals surface area contributed by atoms with E-state index in [1.807, 2.05) is 36.9 Å². The number of rotatable bonds is 7. The molecule has 7 heteroatoms. The molecular formula is C23H26N4OS2. The number of thiophene rings is 1. The normalized spacial score (nSPS) is 12.5. The van der Waals surface area contributed by atoms with Crippen LogP contribution in [0.4, 0.5) is 5.69 Å². The first-order valence-corrected chi connectivity index (χ1v) is 12.1. The fourth-order valence-electron chi connectivity index (χ4n) is 3.75. The Morgan fingerprint density at radius 3 is 2.70 bits per heavy atom. The molecule has 5 nitrogen and oxygen atoms in total. The minimum atomic E-state index is -0.219. The number of carbonyl (C=O) groups is 1. The average molecular weight is 439 g/mol. The predicted octanol–water partition coefficient (Wildman–Crippen LogP) is 5.74. The number of amides is 1. The van der Waals surface area contributed by atoms with Crippen LogP contribution in [0.25, 0.3) is 15.7 Å². The van der Waals surface area contributed by atoms with Crippen molar-refractivity contribution < 1.29 is 4.79 Å². The van der Waals surface area contributed by atoms with Crippen molar-refractivity contribution in [2.75, 3.05) is 11.4 Å². The summed E-state index contributed by atoms with van der Waals surface area (Å²) in [6.45, 7) is 8.85. The number of hydrogen-bond donors (Lipinski definition) is 0. The standard InChI is InChI=1S/C23H26N4OS2/c1-5-19(23(28)26(7-3)16-10-8-9-15(4)13-16)30-22-18-14-20-17(11-12-29-20)27(18)21(6-2)24-25-22/h8-14,19H,5-7H2,1-4H3. The highest BCUT2D eigenvalue weighted by Gasteiger charge is 2.26. The smallest absolute Gasteiger partial charge is 0.240 e. The second kappa shape index (κ2) is 8.78. The summed E-state index contributed by atoms with van der Waals surface area (Å²) in [5.74, 6) is 1.06. The van der Waals surface area contributed by atoms with Gasteiger partial charge in [-0.25, -0.2) is 0 Å². The third-order valence-electron chi connectivity index (χ3n) is 5.27. The summed E-state index contributed by atoms with van der Waals surface area (Å²) in [4.78, 5) is 15.3. The molecule has 3 heterocycles. The van der Waals surface area contributed by atoms with E-state index < -0.39 is 0 Å². The number of aromatic nitrogens is 3. The van der Waals surface area contributed by atoms with Crippen LogP contribution in [-0.4, -0.2) is 32.3 Å². The van der Waals surface area contributed by atoms with E-state index >= 15 is 0 Å². The monoisotopic (exact) mass is 438 g/mol. The van der Waals surface area contributed by atoms with Crippen LogP contribution >= 0.6 is 23.1 Å². The predicted molar refractivity (Wildman–Crippen MR) is 127 cm³/mol. The first kappa shape index (κ1) is 20.9. The molecule has 156 valence electrons. The van der Waals surface area contributed by atoms with Crippen LogP contribution in [0.15, 0.2) is 46.8 Å². The zero-order chi connectivity index (χ0) is 21.3. The second-order valence-electron chi connectivity index (χ2n) is 7.25. The number of benzene rings is 1. The van der Waals surface area contributed by atoms with Crippen molar-refractivity contribution >= 4 is 50.4 Å². The highest BCUT2D eigenvalue weighted by atomic mass is 32.2. The van der Waals surface area contributed by atoms with Crippen molar-refractivity contribution in [2.45, 2.75) is 50.8 Å². The van der Waals surface area contributed by atoms with Gasteiger partial charge in [-0.3, -0.25) is 9.20 Å². The van der Waals surface area contributed by atoms with Crippen LogP contribution in [0, 0.1) is 6.92 Å². The summed E-state index contributed by atoms with van der Waals surface area (Å²) in [6, 6.07) is 12.4. The van der Waals surface area contributed by atoms with Crippen LogP contribution in [0.5, 0.6) is 0 Å². The topological polar surface area (TPSA) is 50.5 Å². The number of nitrogens with zero attached hydrogens (tertiary/aromatic N) is 4. The van der Waals surface area contributed by atoms with Crippen LogP contribution in [-0.2, 0) is 11.2 Å². The third kappa shape index (κ3) is 3.72.